The maximum Gasteiger partial charge on any atom is 0.164 e. The van der Waals surface area contributed by atoms with Crippen molar-refractivity contribution in [3.05, 3.63) is 187 Å². The van der Waals surface area contributed by atoms with Crippen LogP contribution in [-0.2, 0) is 0 Å². The summed E-state index contributed by atoms with van der Waals surface area (Å²) in [6, 6.07) is -25.4. The van der Waals surface area contributed by atoms with Crippen molar-refractivity contribution in [2.75, 3.05) is 0 Å². The minimum absolute atomic E-state index is 0.447. The van der Waals surface area contributed by atoms with Gasteiger partial charge in [0.25, 0.3) is 0 Å². The number of benzene rings is 8. The van der Waals surface area contributed by atoms with Crippen LogP contribution < -0.4 is 0 Å². The van der Waals surface area contributed by atoms with Crippen LogP contribution in [0.2, 0.25) is 0 Å². The predicted molar refractivity (Wildman–Crippen MR) is 232 cm³/mol. The van der Waals surface area contributed by atoms with Gasteiger partial charge in [0.1, 0.15) is 5.58 Å². The molecule has 6 nitrogen and oxygen atoms in total. The maximum absolute atomic E-state index is 10.1. The molecule has 12 rings (SSSR count). The molecule has 0 fully saturated rings. The zero-order valence-electron chi connectivity index (χ0n) is 58.2. The summed E-state index contributed by atoms with van der Waals surface area (Å²) in [5, 5.41) is -3.12. The van der Waals surface area contributed by atoms with Gasteiger partial charge in [-0.3, -0.25) is 0 Å². The quantitative estimate of drug-likeness (QED) is 0.175. The Bertz CT molecular complexity index is 5050. The largest absolute Gasteiger partial charge is 0.454 e. The molecule has 12 aromatic rings. The van der Waals surface area contributed by atoms with E-state index in [4.69, 9.17) is 31.8 Å². The van der Waals surface area contributed by atoms with E-state index in [9.17, 15) is 13.7 Å². The molecule has 0 radical (unpaired) electrons. The minimum atomic E-state index is -0.950. The van der Waals surface area contributed by atoms with Crippen LogP contribution in [-0.4, -0.2) is 24.1 Å². The second-order valence-corrected chi connectivity index (χ2v) is 12.2. The van der Waals surface area contributed by atoms with Gasteiger partial charge < -0.3 is 13.6 Å². The summed E-state index contributed by atoms with van der Waals surface area (Å²) >= 11 is 0. The summed E-state index contributed by atoms with van der Waals surface area (Å²) in [4.78, 5) is 13.0. The van der Waals surface area contributed by atoms with Crippen LogP contribution in [0, 0.1) is 0 Å². The highest BCUT2D eigenvalue weighted by Crippen LogP contribution is 2.44. The average Bonchev–Trinajstić information content (AvgIpc) is 1.54. The van der Waals surface area contributed by atoms with Gasteiger partial charge in [0.15, 0.2) is 23.1 Å². The lowest BCUT2D eigenvalue weighted by Gasteiger charge is -2.10. The summed E-state index contributed by atoms with van der Waals surface area (Å²) in [5.74, 6) is -2.39. The normalized spacial score (nSPS) is 19.2. The molecular formula is C51H31N5O. The molecule has 0 aliphatic heterocycles. The second-order valence-electron chi connectivity index (χ2n) is 12.2. The molecule has 0 amide bonds. The molecule has 0 bridgehead atoms. The molecule has 0 N–H and O–H groups in total. The number of fused-ring (bicyclic) bond motifs is 10. The molecule has 57 heavy (non-hydrogen) atoms. The Balaban J connectivity index is 1.31. The van der Waals surface area contributed by atoms with E-state index in [1.807, 2.05) is 0 Å². The van der Waals surface area contributed by atoms with Crippen molar-refractivity contribution >= 4 is 65.6 Å². The van der Waals surface area contributed by atoms with E-state index in [2.05, 4.69) is 15.0 Å². The standard InChI is InChI=1S/C51H31N5O/c1-4-15-32(16-5-1)49-52-50(33-17-6-2-7-18-33)54-51(53-49)34-27-30-43-40(31-34)38-28-29-39-46-44(56-41-23-12-10-21-36(41)37-22-11-13-24-42(37)56)25-14-26-45(46)57-48(39)47(38)55(43)35-19-8-3-9-20-35/h1-31H/i1D,2D,3D,4D,5D,6D,7D,8D,9D,10D,11D,12D,13D,14D,15D,16D,17D,18D,19D,20D,21D,22D,23D,24D,25D,26D,27D,28D,29D,31D. The van der Waals surface area contributed by atoms with Crippen LogP contribution in [0.4, 0.5) is 0 Å². The number of furan rings is 1. The Morgan fingerprint density at radius 1 is 0.421 bits per heavy atom. The van der Waals surface area contributed by atoms with Gasteiger partial charge in [0, 0.05) is 49.3 Å². The maximum atomic E-state index is 10.1. The Kier molecular flexibility index (Phi) is 3.04. The number of hydrogen-bond donors (Lipinski definition) is 0. The molecule has 4 heterocycles. The van der Waals surface area contributed by atoms with Crippen LogP contribution in [0.1, 0.15) is 41.1 Å². The highest BCUT2D eigenvalue weighted by atomic mass is 16.3. The molecule has 0 saturated heterocycles. The van der Waals surface area contributed by atoms with E-state index < -0.39 is 292 Å². The van der Waals surface area contributed by atoms with Crippen LogP contribution in [0.3, 0.4) is 0 Å². The first-order valence-corrected chi connectivity index (χ1v) is 16.7. The number of rotatable bonds is 5. The molecule has 0 unspecified atom stereocenters. The smallest absolute Gasteiger partial charge is 0.164 e. The molecule has 6 heteroatoms. The van der Waals surface area contributed by atoms with Gasteiger partial charge >= 0.3 is 0 Å². The van der Waals surface area contributed by atoms with E-state index in [-0.39, 0.29) is 0 Å². The van der Waals surface area contributed by atoms with Gasteiger partial charge in [-0.15, -0.1) is 0 Å². The average molecular weight is 760 g/mol. The van der Waals surface area contributed by atoms with Crippen molar-refractivity contribution in [2.24, 2.45) is 0 Å². The lowest BCUT2D eigenvalue weighted by Crippen LogP contribution is -2.00. The molecule has 8 aromatic carbocycles. The van der Waals surface area contributed by atoms with E-state index in [1.54, 1.807) is 0 Å². The fourth-order valence-corrected chi connectivity index (χ4v) is 6.81. The molecule has 0 aliphatic rings. The van der Waals surface area contributed by atoms with E-state index in [0.717, 1.165) is 15.2 Å². The van der Waals surface area contributed by atoms with Crippen LogP contribution >= 0.6 is 0 Å². The van der Waals surface area contributed by atoms with E-state index >= 15 is 0 Å². The number of aromatic nitrogens is 5. The van der Waals surface area contributed by atoms with E-state index in [1.165, 1.54) is 0 Å². The summed E-state index contributed by atoms with van der Waals surface area (Å²) in [7, 11) is 0. The van der Waals surface area contributed by atoms with Crippen molar-refractivity contribution in [2.45, 2.75) is 0 Å². The Labute approximate surface area is 368 Å². The lowest BCUT2D eigenvalue weighted by molar-refractivity contribution is 0.671. The highest BCUT2D eigenvalue weighted by Gasteiger charge is 2.23. The van der Waals surface area contributed by atoms with Crippen molar-refractivity contribution in [1.29, 1.82) is 0 Å². The zero-order valence-corrected chi connectivity index (χ0v) is 28.2. The van der Waals surface area contributed by atoms with Crippen LogP contribution in [0.15, 0.2) is 192 Å². The first kappa shape index (κ1) is 14.0. The second kappa shape index (κ2) is 12.3. The van der Waals surface area contributed by atoms with Gasteiger partial charge in [0.05, 0.1) is 74.3 Å². The van der Waals surface area contributed by atoms with Crippen LogP contribution in [0.25, 0.3) is 111 Å². The monoisotopic (exact) mass is 759 g/mol. The van der Waals surface area contributed by atoms with E-state index in [0.29, 0.717) is 0 Å². The topological polar surface area (TPSA) is 61.7 Å². The number of para-hydroxylation sites is 3. The SMILES string of the molecule is [2H]c1cc2c(c([2H])c1-c1nc(-c3c([2H])c([2H])c([2H])c([2H])c3[2H])nc(-c3c([2H])c([2H])c([2H])c([2H])c3[2H])n1)c1c([2H])c([2H])c3c(oc4c([2H])c([2H])c([2H])c(-n5c6c([2H])c([2H])c([2H])c([2H])c6c6c([2H])c([2H])c([2H])c([2H])c65)c43)c1n2-c1c([2H])c([2H])c([2H])c([2H])c1[2H]. The fraction of sp³-hybridized carbons (Fsp3) is 0. The molecular weight excluding hydrogens is 699 g/mol. The number of hydrogen-bond acceptors (Lipinski definition) is 4. The summed E-state index contributed by atoms with van der Waals surface area (Å²) in [6.07, 6.45) is 0. The Morgan fingerprint density at radius 3 is 1.63 bits per heavy atom. The number of nitrogens with zero attached hydrogens (tertiary/aromatic N) is 5. The molecule has 4 aromatic heterocycles. The van der Waals surface area contributed by atoms with Gasteiger partial charge in [-0.1, -0.05) is 127 Å². The first-order chi connectivity index (χ1) is 40.7. The van der Waals surface area contributed by atoms with Crippen molar-refractivity contribution in [3.63, 3.8) is 0 Å². The van der Waals surface area contributed by atoms with Crippen LogP contribution in [0.5, 0.6) is 0 Å². The predicted octanol–water partition coefficient (Wildman–Crippen LogP) is 13.0. The lowest BCUT2D eigenvalue weighted by atomic mass is 10.1. The molecule has 0 spiro atoms. The molecule has 0 atom stereocenters. The molecule has 266 valence electrons. The van der Waals surface area contributed by atoms with Gasteiger partial charge in [-0.05, 0) is 60.4 Å². The van der Waals surface area contributed by atoms with Gasteiger partial charge in [-0.25, -0.2) is 15.0 Å². The third kappa shape index (κ3) is 4.81. The summed E-state index contributed by atoms with van der Waals surface area (Å²) < 4.78 is 277. The minimum Gasteiger partial charge on any atom is -0.454 e. The summed E-state index contributed by atoms with van der Waals surface area (Å²) in [5.41, 5.74) is -6.98. The molecule has 0 saturated carbocycles. The first-order valence-electron chi connectivity index (χ1n) is 31.7. The summed E-state index contributed by atoms with van der Waals surface area (Å²) in [6.45, 7) is 0. The van der Waals surface area contributed by atoms with Crippen molar-refractivity contribution in [3.8, 4) is 45.5 Å². The zero-order chi connectivity index (χ0) is 63.6. The third-order valence-electron chi connectivity index (χ3n) is 9.11. The third-order valence-corrected chi connectivity index (χ3v) is 9.11. The van der Waals surface area contributed by atoms with Crippen molar-refractivity contribution in [1.82, 2.24) is 24.1 Å². The van der Waals surface area contributed by atoms with Crippen molar-refractivity contribution < 1.29 is 45.5 Å². The Hall–Kier alpha value is -7.83. The Morgan fingerprint density at radius 2 is 0.982 bits per heavy atom. The molecule has 0 aliphatic carbocycles. The van der Waals surface area contributed by atoms with Gasteiger partial charge in [0.2, 0.25) is 0 Å². The highest BCUT2D eigenvalue weighted by molar-refractivity contribution is 6.23. The fourth-order valence-electron chi connectivity index (χ4n) is 6.81. The van der Waals surface area contributed by atoms with Gasteiger partial charge in [-0.2, -0.15) is 0 Å².